The topological polar surface area (TPSA) is 55.1 Å². The van der Waals surface area contributed by atoms with Gasteiger partial charge in [-0.05, 0) is 49.1 Å². The Morgan fingerprint density at radius 2 is 1.95 bits per heavy atom. The van der Waals surface area contributed by atoms with E-state index in [-0.39, 0.29) is 11.8 Å². The fourth-order valence-electron chi connectivity index (χ4n) is 3.61. The smallest absolute Gasteiger partial charge is 0.223 e. The van der Waals surface area contributed by atoms with Crippen molar-refractivity contribution in [2.75, 3.05) is 13.1 Å². The molecule has 3 heteroatoms. The highest BCUT2D eigenvalue weighted by molar-refractivity contribution is 5.82. The first-order valence-corrected chi connectivity index (χ1v) is 7.82. The predicted molar refractivity (Wildman–Crippen MR) is 80.2 cm³/mol. The van der Waals surface area contributed by atoms with Crippen LogP contribution in [0.5, 0.6) is 0 Å². The van der Waals surface area contributed by atoms with E-state index in [4.69, 9.17) is 5.73 Å². The van der Waals surface area contributed by atoms with Crippen LogP contribution in [0.15, 0.2) is 30.3 Å². The first-order valence-electron chi connectivity index (χ1n) is 7.82. The van der Waals surface area contributed by atoms with Gasteiger partial charge in [-0.3, -0.25) is 4.79 Å². The molecule has 3 N–H and O–H groups in total. The molecule has 0 spiro atoms. The van der Waals surface area contributed by atoms with E-state index < -0.39 is 0 Å². The Kier molecular flexibility index (Phi) is 4.06. The van der Waals surface area contributed by atoms with Gasteiger partial charge in [-0.15, -0.1) is 0 Å². The number of nitrogens with two attached hydrogens (primary N) is 1. The molecule has 2 aliphatic carbocycles. The molecule has 20 heavy (non-hydrogen) atoms. The number of carbonyl (C=O) groups excluding carboxylic acids is 1. The van der Waals surface area contributed by atoms with E-state index in [1.165, 1.54) is 24.8 Å². The monoisotopic (exact) mass is 272 g/mol. The lowest BCUT2D eigenvalue weighted by Crippen LogP contribution is -2.33. The third-order valence-electron chi connectivity index (χ3n) is 5.01. The summed E-state index contributed by atoms with van der Waals surface area (Å²) in [5.74, 6) is 2.07. The number of hydrogen-bond donors (Lipinski definition) is 2. The van der Waals surface area contributed by atoms with Gasteiger partial charge >= 0.3 is 0 Å². The van der Waals surface area contributed by atoms with Crippen LogP contribution in [0.1, 0.15) is 37.2 Å². The predicted octanol–water partition coefficient (Wildman–Crippen LogP) is 2.28. The zero-order valence-electron chi connectivity index (χ0n) is 11.9. The minimum Gasteiger partial charge on any atom is -0.356 e. The van der Waals surface area contributed by atoms with Crippen molar-refractivity contribution in [3.63, 3.8) is 0 Å². The zero-order valence-corrected chi connectivity index (χ0v) is 11.9. The molecule has 4 atom stereocenters. The zero-order chi connectivity index (χ0) is 13.9. The van der Waals surface area contributed by atoms with E-state index in [0.717, 1.165) is 19.5 Å². The molecule has 0 aromatic heterocycles. The summed E-state index contributed by atoms with van der Waals surface area (Å²) >= 11 is 0. The van der Waals surface area contributed by atoms with Crippen molar-refractivity contribution in [3.05, 3.63) is 35.9 Å². The SMILES string of the molecule is NCC1CCCC1CNC(=O)C1CC1c1ccccc1. The lowest BCUT2D eigenvalue weighted by Gasteiger charge is -2.18. The molecular weight excluding hydrogens is 248 g/mol. The second-order valence-corrected chi connectivity index (χ2v) is 6.29. The Hall–Kier alpha value is -1.35. The quantitative estimate of drug-likeness (QED) is 0.864. The third-order valence-corrected chi connectivity index (χ3v) is 5.01. The molecule has 0 aliphatic heterocycles. The first-order chi connectivity index (χ1) is 9.79. The maximum absolute atomic E-state index is 12.2. The molecule has 3 rings (SSSR count). The molecule has 1 amide bonds. The summed E-state index contributed by atoms with van der Waals surface area (Å²) in [6, 6.07) is 10.4. The highest BCUT2D eigenvalue weighted by atomic mass is 16.2. The average Bonchev–Trinajstić information content (AvgIpc) is 3.17. The van der Waals surface area contributed by atoms with Crippen molar-refractivity contribution in [2.45, 2.75) is 31.6 Å². The van der Waals surface area contributed by atoms with Crippen molar-refractivity contribution in [1.82, 2.24) is 5.32 Å². The van der Waals surface area contributed by atoms with Crippen LogP contribution in [-0.2, 0) is 4.79 Å². The summed E-state index contributed by atoms with van der Waals surface area (Å²) in [7, 11) is 0. The van der Waals surface area contributed by atoms with E-state index in [1.54, 1.807) is 0 Å². The van der Waals surface area contributed by atoms with Crippen LogP contribution < -0.4 is 11.1 Å². The van der Waals surface area contributed by atoms with E-state index in [0.29, 0.717) is 17.8 Å². The molecule has 0 radical (unpaired) electrons. The van der Waals surface area contributed by atoms with Crippen LogP contribution in [0.4, 0.5) is 0 Å². The Morgan fingerprint density at radius 3 is 2.70 bits per heavy atom. The second-order valence-electron chi connectivity index (χ2n) is 6.29. The van der Waals surface area contributed by atoms with Crippen LogP contribution in [0.3, 0.4) is 0 Å². The van der Waals surface area contributed by atoms with E-state index in [1.807, 2.05) is 18.2 Å². The fourth-order valence-corrected chi connectivity index (χ4v) is 3.61. The highest BCUT2D eigenvalue weighted by Gasteiger charge is 2.43. The third kappa shape index (κ3) is 2.88. The molecule has 2 fully saturated rings. The lowest BCUT2D eigenvalue weighted by molar-refractivity contribution is -0.122. The molecule has 1 aromatic rings. The number of benzene rings is 1. The largest absolute Gasteiger partial charge is 0.356 e. The van der Waals surface area contributed by atoms with Crippen molar-refractivity contribution in [3.8, 4) is 0 Å². The molecule has 108 valence electrons. The van der Waals surface area contributed by atoms with Crippen molar-refractivity contribution < 1.29 is 4.79 Å². The van der Waals surface area contributed by atoms with Gasteiger partial charge in [0.2, 0.25) is 5.91 Å². The summed E-state index contributed by atoms with van der Waals surface area (Å²) in [4.78, 5) is 12.2. The minimum atomic E-state index is 0.190. The van der Waals surface area contributed by atoms with Crippen molar-refractivity contribution >= 4 is 5.91 Å². The minimum absolute atomic E-state index is 0.190. The van der Waals surface area contributed by atoms with Gasteiger partial charge in [0.05, 0.1) is 0 Å². The van der Waals surface area contributed by atoms with E-state index in [2.05, 4.69) is 17.4 Å². The lowest BCUT2D eigenvalue weighted by atomic mass is 9.96. The molecule has 2 aliphatic rings. The highest BCUT2D eigenvalue weighted by Crippen LogP contribution is 2.47. The molecule has 4 unspecified atom stereocenters. The molecule has 0 saturated heterocycles. The molecular formula is C17H24N2O. The van der Waals surface area contributed by atoms with Crippen LogP contribution in [0.2, 0.25) is 0 Å². The number of hydrogen-bond acceptors (Lipinski definition) is 2. The van der Waals surface area contributed by atoms with E-state index in [9.17, 15) is 4.79 Å². The van der Waals surface area contributed by atoms with Crippen LogP contribution in [0, 0.1) is 17.8 Å². The Labute approximate surface area is 120 Å². The Morgan fingerprint density at radius 1 is 1.20 bits per heavy atom. The fraction of sp³-hybridized carbons (Fsp3) is 0.588. The van der Waals surface area contributed by atoms with Gasteiger partial charge in [0.25, 0.3) is 0 Å². The maximum atomic E-state index is 12.2. The average molecular weight is 272 g/mol. The normalized spacial score (nSPS) is 32.0. The van der Waals surface area contributed by atoms with Crippen LogP contribution in [0.25, 0.3) is 0 Å². The summed E-state index contributed by atoms with van der Waals surface area (Å²) in [5, 5.41) is 3.16. The van der Waals surface area contributed by atoms with E-state index >= 15 is 0 Å². The van der Waals surface area contributed by atoms with Gasteiger partial charge < -0.3 is 11.1 Å². The number of nitrogens with one attached hydrogen (secondary N) is 1. The summed E-state index contributed by atoms with van der Waals surface area (Å²) in [5.41, 5.74) is 7.09. The first kappa shape index (κ1) is 13.6. The Bertz CT molecular complexity index is 459. The van der Waals surface area contributed by atoms with Crippen molar-refractivity contribution in [1.29, 1.82) is 0 Å². The molecule has 0 bridgehead atoms. The van der Waals surface area contributed by atoms with Gasteiger partial charge in [-0.25, -0.2) is 0 Å². The summed E-state index contributed by atoms with van der Waals surface area (Å²) in [6.07, 6.45) is 4.71. The van der Waals surface area contributed by atoms with Gasteiger partial charge in [0.15, 0.2) is 0 Å². The standard InChI is InChI=1S/C17H24N2O/c18-10-13-7-4-8-14(13)11-19-17(20)16-9-15(16)12-5-2-1-3-6-12/h1-3,5-6,13-16H,4,7-11,18H2,(H,19,20). The van der Waals surface area contributed by atoms with Gasteiger partial charge in [0, 0.05) is 12.5 Å². The van der Waals surface area contributed by atoms with Gasteiger partial charge in [-0.1, -0.05) is 36.8 Å². The second kappa shape index (κ2) is 5.96. The number of carbonyl (C=O) groups is 1. The molecule has 0 heterocycles. The number of rotatable bonds is 5. The van der Waals surface area contributed by atoms with Crippen LogP contribution in [-0.4, -0.2) is 19.0 Å². The van der Waals surface area contributed by atoms with Crippen molar-refractivity contribution in [2.24, 2.45) is 23.5 Å². The molecule has 1 aromatic carbocycles. The van der Waals surface area contributed by atoms with Gasteiger partial charge in [0.1, 0.15) is 0 Å². The number of amides is 1. The summed E-state index contributed by atoms with van der Waals surface area (Å²) in [6.45, 7) is 1.58. The van der Waals surface area contributed by atoms with Crippen LogP contribution >= 0.6 is 0 Å². The summed E-state index contributed by atoms with van der Waals surface area (Å²) < 4.78 is 0. The maximum Gasteiger partial charge on any atom is 0.223 e. The molecule has 2 saturated carbocycles. The van der Waals surface area contributed by atoms with Gasteiger partial charge in [-0.2, -0.15) is 0 Å². The Balaban J connectivity index is 1.47. The molecule has 3 nitrogen and oxygen atoms in total.